The van der Waals surface area contributed by atoms with Crippen LogP contribution in [0.1, 0.15) is 0 Å². The van der Waals surface area contributed by atoms with Crippen LogP contribution < -0.4 is 31.1 Å². The van der Waals surface area contributed by atoms with Crippen molar-refractivity contribution < 1.29 is 0 Å². The lowest BCUT2D eigenvalue weighted by Crippen LogP contribution is -2.59. The summed E-state index contributed by atoms with van der Waals surface area (Å²) in [6.07, 6.45) is 0. The molecule has 0 saturated heterocycles. The molecular weight excluding hydrogens is 926 g/mol. The fourth-order valence-electron chi connectivity index (χ4n) is 11.9. The van der Waals surface area contributed by atoms with Crippen LogP contribution in [0.15, 0.2) is 279 Å². The second kappa shape index (κ2) is 17.8. The number of anilines is 9. The van der Waals surface area contributed by atoms with E-state index in [4.69, 9.17) is 9.97 Å². The molecule has 13 aromatic rings. The Kier molecular flexibility index (Phi) is 10.2. The van der Waals surface area contributed by atoms with E-state index in [9.17, 15) is 0 Å². The molecule has 0 spiro atoms. The van der Waals surface area contributed by atoms with E-state index in [0.717, 1.165) is 107 Å². The molecule has 8 heteroatoms. The third-order valence-corrected chi connectivity index (χ3v) is 15.0. The molecule has 2 aliphatic rings. The summed E-state index contributed by atoms with van der Waals surface area (Å²) in [6, 6.07) is 99.6. The van der Waals surface area contributed by atoms with Crippen LogP contribution >= 0.6 is 0 Å². The highest BCUT2D eigenvalue weighted by Gasteiger charge is 2.44. The Morgan fingerprint density at radius 1 is 0.289 bits per heavy atom. The lowest BCUT2D eigenvalue weighted by atomic mass is 9.34. The van der Waals surface area contributed by atoms with Crippen LogP contribution in [0.5, 0.6) is 0 Å². The molecule has 15 rings (SSSR count). The minimum absolute atomic E-state index is 0.196. The monoisotopic (exact) mass is 971 g/mol. The van der Waals surface area contributed by atoms with Gasteiger partial charge in [-0.1, -0.05) is 182 Å². The van der Waals surface area contributed by atoms with Crippen molar-refractivity contribution in [3.05, 3.63) is 279 Å². The Morgan fingerprint density at radius 3 is 0.895 bits per heavy atom. The molecule has 11 aromatic carbocycles. The number of hydrogen-bond donors (Lipinski definition) is 0. The van der Waals surface area contributed by atoms with E-state index in [0.29, 0.717) is 0 Å². The van der Waals surface area contributed by atoms with Gasteiger partial charge < -0.3 is 14.7 Å². The standard InChI is InChI=1S/C68H46BN7/c1-9-25-47(26-10-1)67-70-63-58(73(51-33-17-5-18-34-51)52-35-19-6-20-36-52)43-41-56-65(63)75(67)60-45-55(72(49-29-13-3-14-30-49)50-31-15-4-16-32-50)46-61-62(60)69(56)57-42-44-59(64-66(57)76(61)68(71-64)48-27-11-2-12-28-48)74(53-37-21-7-22-38-53)54-39-23-8-24-40-54/h1-46H. The SMILES string of the molecule is c1ccc(-c2nc3c(N(c4ccccc4)c4ccccc4)ccc4c3n2-c2cc(N(c3ccccc3)c3ccccc3)cc3c2B4c2ccc(N(c4ccccc4)c4ccccc4)c4nc(-c5ccccc5)n-3c24)cc1. The van der Waals surface area contributed by atoms with Crippen LogP contribution in [0.4, 0.5) is 51.2 Å². The number of aromatic nitrogens is 4. The van der Waals surface area contributed by atoms with Gasteiger partial charge in [0.25, 0.3) is 6.71 Å². The zero-order valence-corrected chi connectivity index (χ0v) is 41.3. The smallest absolute Gasteiger partial charge is 0.252 e. The summed E-state index contributed by atoms with van der Waals surface area (Å²) in [7, 11) is 0. The van der Waals surface area contributed by atoms with Gasteiger partial charge in [-0.25, -0.2) is 9.97 Å². The molecule has 2 aliphatic heterocycles. The van der Waals surface area contributed by atoms with Gasteiger partial charge in [0.05, 0.1) is 28.1 Å². The summed E-state index contributed by atoms with van der Waals surface area (Å²) in [5, 5.41) is 0. The number of imidazole rings is 2. The number of para-hydroxylation sites is 6. The Balaban J connectivity index is 1.11. The number of rotatable bonds is 11. The molecule has 0 amide bonds. The summed E-state index contributed by atoms with van der Waals surface area (Å²) in [5.41, 5.74) is 21.0. The molecule has 0 unspecified atom stereocenters. The molecule has 0 fully saturated rings. The normalized spacial score (nSPS) is 11.9. The Bertz CT molecular complexity index is 3920. The lowest BCUT2D eigenvalue weighted by Gasteiger charge is -2.36. The van der Waals surface area contributed by atoms with Crippen LogP contribution in [-0.2, 0) is 0 Å². The maximum Gasteiger partial charge on any atom is 0.252 e. The third-order valence-electron chi connectivity index (χ3n) is 15.0. The van der Waals surface area contributed by atoms with Crippen molar-refractivity contribution in [1.29, 1.82) is 0 Å². The lowest BCUT2D eigenvalue weighted by molar-refractivity contribution is 1.07. The quantitative estimate of drug-likeness (QED) is 0.121. The van der Waals surface area contributed by atoms with Crippen LogP contribution in [0.2, 0.25) is 0 Å². The van der Waals surface area contributed by atoms with Crippen molar-refractivity contribution in [3.8, 4) is 34.2 Å². The van der Waals surface area contributed by atoms with E-state index in [1.807, 2.05) is 0 Å². The molecule has 4 heterocycles. The van der Waals surface area contributed by atoms with E-state index in [-0.39, 0.29) is 6.71 Å². The highest BCUT2D eigenvalue weighted by Crippen LogP contribution is 2.47. The number of benzene rings is 11. The minimum Gasteiger partial charge on any atom is -0.310 e. The number of hydrogen-bond acceptors (Lipinski definition) is 5. The van der Waals surface area contributed by atoms with Crippen molar-refractivity contribution in [1.82, 2.24) is 19.1 Å². The van der Waals surface area contributed by atoms with Gasteiger partial charge in [-0.2, -0.15) is 0 Å². The van der Waals surface area contributed by atoms with Crippen LogP contribution in [0.3, 0.4) is 0 Å². The average Bonchev–Trinajstić information content (AvgIpc) is 4.28. The Hall–Kier alpha value is -10.2. The second-order valence-electron chi connectivity index (χ2n) is 19.4. The van der Waals surface area contributed by atoms with Crippen molar-refractivity contribution in [3.63, 3.8) is 0 Å². The predicted octanol–water partition coefficient (Wildman–Crippen LogP) is 15.3. The molecule has 0 saturated carbocycles. The van der Waals surface area contributed by atoms with E-state index in [1.165, 1.54) is 16.4 Å². The maximum atomic E-state index is 5.87. The zero-order valence-electron chi connectivity index (χ0n) is 41.3. The van der Waals surface area contributed by atoms with Gasteiger partial charge in [0.2, 0.25) is 0 Å². The fourth-order valence-corrected chi connectivity index (χ4v) is 11.9. The summed E-state index contributed by atoms with van der Waals surface area (Å²) >= 11 is 0. The molecule has 0 bridgehead atoms. The van der Waals surface area contributed by atoms with Gasteiger partial charge in [-0.3, -0.25) is 9.13 Å². The van der Waals surface area contributed by atoms with Gasteiger partial charge in [-0.05, 0) is 113 Å². The fraction of sp³-hybridized carbons (Fsp3) is 0. The topological polar surface area (TPSA) is 45.4 Å². The van der Waals surface area contributed by atoms with Crippen molar-refractivity contribution in [2.45, 2.75) is 0 Å². The third kappa shape index (κ3) is 6.85. The maximum absolute atomic E-state index is 5.87. The molecule has 2 aromatic heterocycles. The van der Waals surface area contributed by atoms with Gasteiger partial charge in [0.1, 0.15) is 22.7 Å². The first-order chi connectivity index (χ1) is 37.8. The zero-order chi connectivity index (χ0) is 50.1. The molecule has 0 N–H and O–H groups in total. The van der Waals surface area contributed by atoms with Crippen molar-refractivity contribution >= 4 is 96.4 Å². The molecule has 0 radical (unpaired) electrons. The van der Waals surface area contributed by atoms with Crippen LogP contribution in [0, 0.1) is 0 Å². The second-order valence-corrected chi connectivity index (χ2v) is 19.4. The molecule has 7 nitrogen and oxygen atoms in total. The van der Waals surface area contributed by atoms with E-state index >= 15 is 0 Å². The van der Waals surface area contributed by atoms with Crippen LogP contribution in [-0.4, -0.2) is 25.8 Å². The van der Waals surface area contributed by atoms with Gasteiger partial charge in [0, 0.05) is 56.6 Å². The van der Waals surface area contributed by atoms with Gasteiger partial charge >= 0.3 is 0 Å². The Morgan fingerprint density at radius 2 is 0.579 bits per heavy atom. The first-order valence-electron chi connectivity index (χ1n) is 25.9. The molecule has 356 valence electrons. The van der Waals surface area contributed by atoms with E-state index < -0.39 is 0 Å². The Labute approximate surface area is 441 Å². The van der Waals surface area contributed by atoms with E-state index in [1.54, 1.807) is 0 Å². The summed E-state index contributed by atoms with van der Waals surface area (Å²) in [4.78, 5) is 18.8. The van der Waals surface area contributed by atoms with E-state index in [2.05, 4.69) is 303 Å². The molecular formula is C68H46BN7. The number of fused-ring (bicyclic) bond motifs is 4. The largest absolute Gasteiger partial charge is 0.310 e. The minimum atomic E-state index is -0.196. The first kappa shape index (κ1) is 43.4. The highest BCUT2D eigenvalue weighted by molar-refractivity contribution is 7.00. The molecule has 0 atom stereocenters. The van der Waals surface area contributed by atoms with Gasteiger partial charge in [0.15, 0.2) is 0 Å². The van der Waals surface area contributed by atoms with Crippen LogP contribution in [0.25, 0.3) is 56.2 Å². The summed E-state index contributed by atoms with van der Waals surface area (Å²) in [5.74, 6) is 1.74. The highest BCUT2D eigenvalue weighted by atomic mass is 15.2. The number of nitrogens with zero attached hydrogens (tertiary/aromatic N) is 7. The van der Waals surface area contributed by atoms with Crippen molar-refractivity contribution in [2.75, 3.05) is 14.7 Å². The van der Waals surface area contributed by atoms with Crippen molar-refractivity contribution in [2.24, 2.45) is 0 Å². The summed E-state index contributed by atoms with van der Waals surface area (Å²) in [6.45, 7) is -0.196. The average molecular weight is 972 g/mol. The molecule has 76 heavy (non-hydrogen) atoms. The predicted molar refractivity (Wildman–Crippen MR) is 315 cm³/mol. The summed E-state index contributed by atoms with van der Waals surface area (Å²) < 4.78 is 4.93. The van der Waals surface area contributed by atoms with Gasteiger partial charge in [-0.15, -0.1) is 0 Å². The first-order valence-corrected chi connectivity index (χ1v) is 25.9. The molecule has 0 aliphatic carbocycles.